The summed E-state index contributed by atoms with van der Waals surface area (Å²) in [5, 5.41) is 0. The Labute approximate surface area is 129 Å². The van der Waals surface area contributed by atoms with Gasteiger partial charge in [0.15, 0.2) is 11.0 Å². The molecule has 0 bridgehead atoms. The number of aromatic nitrogens is 2. The van der Waals surface area contributed by atoms with E-state index >= 15 is 0 Å². The predicted octanol–water partition coefficient (Wildman–Crippen LogP) is 3.97. The fourth-order valence-corrected chi connectivity index (χ4v) is 2.87. The molecule has 2 heteroatoms. The maximum Gasteiger partial charge on any atom is 0.250 e. The molecule has 4 rings (SSSR count). The molecule has 1 aromatic heterocycles. The molecule has 22 heavy (non-hydrogen) atoms. The average molecular weight is 285 g/mol. The van der Waals surface area contributed by atoms with Crippen LogP contribution in [0.1, 0.15) is 5.56 Å². The number of benzene rings is 3. The summed E-state index contributed by atoms with van der Waals surface area (Å²) in [6, 6.07) is 29.6. The molecule has 0 fully saturated rings. The van der Waals surface area contributed by atoms with Crippen molar-refractivity contribution >= 4 is 11.0 Å². The molecule has 3 aromatic carbocycles. The van der Waals surface area contributed by atoms with Crippen LogP contribution in [0, 0.1) is 0 Å². The number of para-hydroxylation sites is 3. The number of rotatable bonds is 3. The first-order chi connectivity index (χ1) is 10.9. The second-order valence-electron chi connectivity index (χ2n) is 5.42. The lowest BCUT2D eigenvalue weighted by atomic mass is 10.2. The summed E-state index contributed by atoms with van der Waals surface area (Å²) < 4.78 is 4.55. The molecule has 0 radical (unpaired) electrons. The van der Waals surface area contributed by atoms with Crippen molar-refractivity contribution in [1.29, 1.82) is 0 Å². The summed E-state index contributed by atoms with van der Waals surface area (Å²) in [5.74, 6) is 0. The highest BCUT2D eigenvalue weighted by Gasteiger charge is 2.16. The van der Waals surface area contributed by atoms with Crippen LogP contribution in [0.5, 0.6) is 0 Å². The van der Waals surface area contributed by atoms with E-state index in [9.17, 15) is 0 Å². The van der Waals surface area contributed by atoms with Gasteiger partial charge in [0.25, 0.3) is 0 Å². The van der Waals surface area contributed by atoms with E-state index in [1.54, 1.807) is 0 Å². The van der Waals surface area contributed by atoms with Gasteiger partial charge in [-0.3, -0.25) is 0 Å². The van der Waals surface area contributed by atoms with Crippen molar-refractivity contribution in [3.05, 3.63) is 96.8 Å². The molecule has 4 aromatic rings. The van der Waals surface area contributed by atoms with Gasteiger partial charge >= 0.3 is 0 Å². The van der Waals surface area contributed by atoms with Crippen LogP contribution in [-0.2, 0) is 6.54 Å². The molecule has 0 spiro atoms. The van der Waals surface area contributed by atoms with Gasteiger partial charge in [0, 0.05) is 0 Å². The lowest BCUT2D eigenvalue weighted by Crippen LogP contribution is -2.32. The molecule has 0 aliphatic carbocycles. The van der Waals surface area contributed by atoms with Gasteiger partial charge in [-0.25, -0.2) is 4.57 Å². The molecule has 1 heterocycles. The van der Waals surface area contributed by atoms with Crippen LogP contribution in [0.3, 0.4) is 0 Å². The first-order valence-corrected chi connectivity index (χ1v) is 7.51. The highest BCUT2D eigenvalue weighted by atomic mass is 15.1. The van der Waals surface area contributed by atoms with Crippen molar-refractivity contribution in [2.75, 3.05) is 0 Å². The van der Waals surface area contributed by atoms with E-state index in [1.807, 2.05) is 6.07 Å². The molecule has 0 N–H and O–H groups in total. The van der Waals surface area contributed by atoms with Crippen molar-refractivity contribution in [2.24, 2.45) is 0 Å². The average Bonchev–Trinajstić information content (AvgIpc) is 2.96. The van der Waals surface area contributed by atoms with Gasteiger partial charge < -0.3 is 0 Å². The Bertz CT molecular complexity index is 893. The number of fused-ring (bicyclic) bond motifs is 1. The number of imidazole rings is 1. The van der Waals surface area contributed by atoms with Crippen molar-refractivity contribution < 1.29 is 4.57 Å². The van der Waals surface area contributed by atoms with Crippen molar-refractivity contribution in [3.63, 3.8) is 0 Å². The lowest BCUT2D eigenvalue weighted by Gasteiger charge is -1.98. The fraction of sp³-hybridized carbons (Fsp3) is 0.0500. The zero-order chi connectivity index (χ0) is 14.8. The third kappa shape index (κ3) is 2.29. The van der Waals surface area contributed by atoms with E-state index < -0.39 is 0 Å². The second-order valence-corrected chi connectivity index (χ2v) is 5.42. The molecule has 106 valence electrons. The Hall–Kier alpha value is -2.87. The summed E-state index contributed by atoms with van der Waals surface area (Å²) in [6.45, 7) is 0.876. The fourth-order valence-electron chi connectivity index (χ4n) is 2.87. The maximum atomic E-state index is 2.30. The second kappa shape index (κ2) is 5.49. The van der Waals surface area contributed by atoms with Gasteiger partial charge in [0.1, 0.15) is 12.2 Å². The Morgan fingerprint density at radius 2 is 1.32 bits per heavy atom. The van der Waals surface area contributed by atoms with Crippen molar-refractivity contribution in [1.82, 2.24) is 4.57 Å². The SMILES string of the molecule is c1ccc(C[n+]2cn(-c3ccccc3)c3ccccc32)cc1. The van der Waals surface area contributed by atoms with E-state index in [-0.39, 0.29) is 0 Å². The van der Waals surface area contributed by atoms with Gasteiger partial charge in [0.05, 0.1) is 0 Å². The normalized spacial score (nSPS) is 10.9. The maximum absolute atomic E-state index is 2.30. The quantitative estimate of drug-likeness (QED) is 0.504. The zero-order valence-electron chi connectivity index (χ0n) is 12.3. The standard InChI is InChI=1S/C20H17N2/c1-3-9-17(10-4-1)15-21-16-22(18-11-5-2-6-12-18)20-14-8-7-13-19(20)21/h1-14,16H,15H2/q+1. The Morgan fingerprint density at radius 1 is 0.682 bits per heavy atom. The summed E-state index contributed by atoms with van der Waals surface area (Å²) in [5.41, 5.74) is 4.97. The Morgan fingerprint density at radius 3 is 2.09 bits per heavy atom. The molecule has 0 saturated carbocycles. The minimum Gasteiger partial charge on any atom is -0.225 e. The van der Waals surface area contributed by atoms with Crippen molar-refractivity contribution in [3.8, 4) is 5.69 Å². The minimum atomic E-state index is 0.876. The molecular weight excluding hydrogens is 268 g/mol. The summed E-state index contributed by atoms with van der Waals surface area (Å²) in [7, 11) is 0. The van der Waals surface area contributed by atoms with Gasteiger partial charge in [-0.1, -0.05) is 60.7 Å². The van der Waals surface area contributed by atoms with E-state index in [0.717, 1.165) is 6.54 Å². The first-order valence-electron chi connectivity index (χ1n) is 7.51. The lowest BCUT2D eigenvalue weighted by molar-refractivity contribution is -0.662. The van der Waals surface area contributed by atoms with E-state index in [4.69, 9.17) is 0 Å². The molecule has 0 aliphatic heterocycles. The van der Waals surface area contributed by atoms with Crippen LogP contribution in [0.15, 0.2) is 91.3 Å². The largest absolute Gasteiger partial charge is 0.250 e. The summed E-state index contributed by atoms with van der Waals surface area (Å²) >= 11 is 0. The van der Waals surface area contributed by atoms with Crippen LogP contribution in [-0.4, -0.2) is 4.57 Å². The molecule has 0 amide bonds. The first kappa shape index (κ1) is 12.8. The van der Waals surface area contributed by atoms with Crippen molar-refractivity contribution in [2.45, 2.75) is 6.54 Å². The minimum absolute atomic E-state index is 0.876. The Kier molecular flexibility index (Phi) is 3.20. The highest BCUT2D eigenvalue weighted by Crippen LogP contribution is 2.17. The van der Waals surface area contributed by atoms with Crippen LogP contribution in [0.4, 0.5) is 0 Å². The van der Waals surface area contributed by atoms with Crippen LogP contribution < -0.4 is 4.57 Å². The van der Waals surface area contributed by atoms with Gasteiger partial charge in [-0.15, -0.1) is 0 Å². The number of hydrogen-bond donors (Lipinski definition) is 0. The third-order valence-electron chi connectivity index (χ3n) is 3.94. The van der Waals surface area contributed by atoms with Crippen LogP contribution >= 0.6 is 0 Å². The molecule has 0 unspecified atom stereocenters. The number of hydrogen-bond acceptors (Lipinski definition) is 0. The number of nitrogens with zero attached hydrogens (tertiary/aromatic N) is 2. The summed E-state index contributed by atoms with van der Waals surface area (Å²) in [6.07, 6.45) is 2.19. The molecular formula is C20H17N2+. The molecule has 0 aliphatic rings. The van der Waals surface area contributed by atoms with E-state index in [0.29, 0.717) is 0 Å². The van der Waals surface area contributed by atoms with E-state index in [1.165, 1.54) is 22.3 Å². The van der Waals surface area contributed by atoms with Gasteiger partial charge in [-0.2, -0.15) is 4.57 Å². The van der Waals surface area contributed by atoms with Gasteiger partial charge in [-0.05, 0) is 29.8 Å². The molecule has 2 nitrogen and oxygen atoms in total. The predicted molar refractivity (Wildman–Crippen MR) is 89.0 cm³/mol. The summed E-state index contributed by atoms with van der Waals surface area (Å²) in [4.78, 5) is 0. The van der Waals surface area contributed by atoms with E-state index in [2.05, 4.69) is 94.3 Å². The zero-order valence-corrected chi connectivity index (χ0v) is 12.3. The van der Waals surface area contributed by atoms with Gasteiger partial charge in [0.2, 0.25) is 6.33 Å². The highest BCUT2D eigenvalue weighted by molar-refractivity contribution is 5.74. The monoisotopic (exact) mass is 285 g/mol. The topological polar surface area (TPSA) is 8.81 Å². The van der Waals surface area contributed by atoms with Crippen LogP contribution in [0.2, 0.25) is 0 Å². The third-order valence-corrected chi connectivity index (χ3v) is 3.94. The smallest absolute Gasteiger partial charge is 0.225 e. The Balaban J connectivity index is 1.86. The molecule has 0 saturated heterocycles. The van der Waals surface area contributed by atoms with Crippen LogP contribution in [0.25, 0.3) is 16.7 Å². The molecule has 0 atom stereocenters.